The zero-order valence-corrected chi connectivity index (χ0v) is 6.66. The summed E-state index contributed by atoms with van der Waals surface area (Å²) in [5.41, 5.74) is 0. The highest BCUT2D eigenvalue weighted by Gasteiger charge is 1.83. The first kappa shape index (κ1) is 7.86. The van der Waals surface area contributed by atoms with Gasteiger partial charge in [-0.2, -0.15) is 0 Å². The maximum atomic E-state index is 5.27. The number of ether oxygens (including phenoxy) is 1. The molecule has 0 aromatic heterocycles. The molecule has 0 aliphatic rings. The quantitative estimate of drug-likeness (QED) is 0.599. The van der Waals surface area contributed by atoms with Crippen molar-refractivity contribution in [2.24, 2.45) is 0 Å². The lowest BCUT2D eigenvalue weighted by Gasteiger charge is -1.96. The Balaban J connectivity index is 2.45. The number of rotatable bonds is 3. The molecule has 11 heavy (non-hydrogen) atoms. The van der Waals surface area contributed by atoms with E-state index in [1.54, 1.807) is 6.26 Å². The van der Waals surface area contributed by atoms with Gasteiger partial charge in [-0.1, -0.05) is 25.1 Å². The summed E-state index contributed by atoms with van der Waals surface area (Å²) in [7, 11) is 0. The molecule has 1 aromatic carbocycles. The molecule has 0 atom stereocenters. The second-order valence-corrected chi connectivity index (χ2v) is 2.21. The second kappa shape index (κ2) is 4.56. The minimum Gasteiger partial charge on any atom is -0.465 e. The number of benzene rings is 1. The molecule has 0 aliphatic heterocycles. The molecule has 0 heterocycles. The highest BCUT2D eigenvalue weighted by molar-refractivity contribution is 5.21. The third-order valence-electron chi connectivity index (χ3n) is 1.28. The monoisotopic (exact) mass is 148 g/mol. The van der Waals surface area contributed by atoms with Gasteiger partial charge in [0, 0.05) is 0 Å². The maximum Gasteiger partial charge on any atom is 0.126 e. The SMILES string of the molecule is CC/C=C/Oc1ccccc1. The van der Waals surface area contributed by atoms with Gasteiger partial charge < -0.3 is 4.74 Å². The summed E-state index contributed by atoms with van der Waals surface area (Å²) in [6.45, 7) is 2.07. The number of hydrogen-bond acceptors (Lipinski definition) is 1. The summed E-state index contributed by atoms with van der Waals surface area (Å²) in [5.74, 6) is 0.886. The van der Waals surface area contributed by atoms with Gasteiger partial charge in [-0.15, -0.1) is 0 Å². The number of allylic oxidation sites excluding steroid dienone is 1. The van der Waals surface area contributed by atoms with Crippen LogP contribution in [0.4, 0.5) is 0 Å². The minimum atomic E-state index is 0.886. The van der Waals surface area contributed by atoms with Crippen molar-refractivity contribution in [1.82, 2.24) is 0 Å². The molecule has 0 fully saturated rings. The fourth-order valence-electron chi connectivity index (χ4n) is 0.722. The van der Waals surface area contributed by atoms with E-state index in [4.69, 9.17) is 4.74 Å². The molecule has 0 amide bonds. The van der Waals surface area contributed by atoms with Crippen molar-refractivity contribution >= 4 is 0 Å². The van der Waals surface area contributed by atoms with Gasteiger partial charge in [0.1, 0.15) is 5.75 Å². The average Bonchev–Trinajstić information content (AvgIpc) is 2.07. The smallest absolute Gasteiger partial charge is 0.126 e. The van der Waals surface area contributed by atoms with Crippen LogP contribution < -0.4 is 4.74 Å². The molecule has 1 heteroatoms. The maximum absolute atomic E-state index is 5.27. The first-order chi connectivity index (χ1) is 5.43. The molecule has 0 saturated heterocycles. The zero-order valence-electron chi connectivity index (χ0n) is 6.66. The fourth-order valence-corrected chi connectivity index (χ4v) is 0.722. The summed E-state index contributed by atoms with van der Waals surface area (Å²) in [6.07, 6.45) is 4.70. The Morgan fingerprint density at radius 2 is 2.00 bits per heavy atom. The van der Waals surface area contributed by atoms with E-state index in [9.17, 15) is 0 Å². The van der Waals surface area contributed by atoms with Crippen molar-refractivity contribution in [3.63, 3.8) is 0 Å². The lowest BCUT2D eigenvalue weighted by atomic mass is 10.3. The van der Waals surface area contributed by atoms with E-state index < -0.39 is 0 Å². The van der Waals surface area contributed by atoms with E-state index in [2.05, 4.69) is 6.92 Å². The van der Waals surface area contributed by atoms with Crippen LogP contribution in [0.25, 0.3) is 0 Å². The Kier molecular flexibility index (Phi) is 3.26. The van der Waals surface area contributed by atoms with Crippen LogP contribution in [0, 0.1) is 0 Å². The molecule has 58 valence electrons. The van der Waals surface area contributed by atoms with Crippen molar-refractivity contribution in [2.45, 2.75) is 13.3 Å². The van der Waals surface area contributed by atoms with Crippen LogP contribution >= 0.6 is 0 Å². The predicted octanol–water partition coefficient (Wildman–Crippen LogP) is 2.99. The summed E-state index contributed by atoms with van der Waals surface area (Å²) in [5, 5.41) is 0. The van der Waals surface area contributed by atoms with Crippen molar-refractivity contribution in [2.75, 3.05) is 0 Å². The molecule has 0 aliphatic carbocycles. The lowest BCUT2D eigenvalue weighted by molar-refractivity contribution is 0.479. The lowest BCUT2D eigenvalue weighted by Crippen LogP contribution is -1.79. The van der Waals surface area contributed by atoms with Gasteiger partial charge in [-0.3, -0.25) is 0 Å². The van der Waals surface area contributed by atoms with E-state index in [-0.39, 0.29) is 0 Å². The summed E-state index contributed by atoms with van der Waals surface area (Å²) in [6, 6.07) is 9.74. The van der Waals surface area contributed by atoms with Crippen molar-refractivity contribution < 1.29 is 4.74 Å². The van der Waals surface area contributed by atoms with Crippen LogP contribution in [0.15, 0.2) is 42.7 Å². The molecular formula is C10H12O. The van der Waals surface area contributed by atoms with Gasteiger partial charge in [0.15, 0.2) is 0 Å². The van der Waals surface area contributed by atoms with Crippen molar-refractivity contribution in [3.8, 4) is 5.75 Å². The Morgan fingerprint density at radius 1 is 1.27 bits per heavy atom. The van der Waals surface area contributed by atoms with E-state index >= 15 is 0 Å². The highest BCUT2D eigenvalue weighted by atomic mass is 16.5. The molecule has 0 spiro atoms. The van der Waals surface area contributed by atoms with Crippen molar-refractivity contribution in [1.29, 1.82) is 0 Å². The third-order valence-corrected chi connectivity index (χ3v) is 1.28. The van der Waals surface area contributed by atoms with Gasteiger partial charge in [0.2, 0.25) is 0 Å². The van der Waals surface area contributed by atoms with Gasteiger partial charge >= 0.3 is 0 Å². The van der Waals surface area contributed by atoms with E-state index in [1.807, 2.05) is 36.4 Å². The van der Waals surface area contributed by atoms with Crippen LogP contribution in [0.5, 0.6) is 5.75 Å². The minimum absolute atomic E-state index is 0.886. The molecule has 0 unspecified atom stereocenters. The van der Waals surface area contributed by atoms with Crippen LogP contribution in [-0.2, 0) is 0 Å². The highest BCUT2D eigenvalue weighted by Crippen LogP contribution is 2.08. The average molecular weight is 148 g/mol. The van der Waals surface area contributed by atoms with E-state index in [0.29, 0.717) is 0 Å². The Labute approximate surface area is 67.3 Å². The largest absolute Gasteiger partial charge is 0.465 e. The Morgan fingerprint density at radius 3 is 2.64 bits per heavy atom. The van der Waals surface area contributed by atoms with Crippen LogP contribution in [-0.4, -0.2) is 0 Å². The Bertz CT molecular complexity index is 214. The summed E-state index contributed by atoms with van der Waals surface area (Å²) >= 11 is 0. The zero-order chi connectivity index (χ0) is 7.94. The summed E-state index contributed by atoms with van der Waals surface area (Å²) < 4.78 is 5.27. The van der Waals surface area contributed by atoms with Crippen LogP contribution in [0.3, 0.4) is 0 Å². The third kappa shape index (κ3) is 2.89. The molecule has 1 aromatic rings. The van der Waals surface area contributed by atoms with Gasteiger partial charge in [-0.25, -0.2) is 0 Å². The molecule has 1 rings (SSSR count). The van der Waals surface area contributed by atoms with E-state index in [1.165, 1.54) is 0 Å². The predicted molar refractivity (Wildman–Crippen MR) is 46.5 cm³/mol. The molecule has 1 nitrogen and oxygen atoms in total. The van der Waals surface area contributed by atoms with Gasteiger partial charge in [0.25, 0.3) is 0 Å². The summed E-state index contributed by atoms with van der Waals surface area (Å²) in [4.78, 5) is 0. The number of para-hydroxylation sites is 1. The molecule has 0 radical (unpaired) electrons. The normalized spacial score (nSPS) is 10.3. The van der Waals surface area contributed by atoms with E-state index in [0.717, 1.165) is 12.2 Å². The first-order valence-corrected chi connectivity index (χ1v) is 3.80. The molecular weight excluding hydrogens is 136 g/mol. The topological polar surface area (TPSA) is 9.23 Å². The van der Waals surface area contributed by atoms with Crippen molar-refractivity contribution in [3.05, 3.63) is 42.7 Å². The molecule has 0 bridgehead atoms. The Hall–Kier alpha value is -1.24. The first-order valence-electron chi connectivity index (χ1n) is 3.80. The van der Waals surface area contributed by atoms with Gasteiger partial charge in [-0.05, 0) is 24.6 Å². The van der Waals surface area contributed by atoms with Gasteiger partial charge in [0.05, 0.1) is 6.26 Å². The molecule has 0 N–H and O–H groups in total. The number of hydrogen-bond donors (Lipinski definition) is 0. The second-order valence-electron chi connectivity index (χ2n) is 2.21. The molecule has 0 saturated carbocycles. The van der Waals surface area contributed by atoms with Crippen LogP contribution in [0.2, 0.25) is 0 Å². The fraction of sp³-hybridized carbons (Fsp3) is 0.200. The van der Waals surface area contributed by atoms with Crippen LogP contribution in [0.1, 0.15) is 13.3 Å². The standard InChI is InChI=1S/C10H12O/c1-2-3-9-11-10-7-5-4-6-8-10/h3-9H,2H2,1H3/b9-3+.